The molecule has 0 aliphatic carbocycles. The van der Waals surface area contributed by atoms with Crippen molar-refractivity contribution < 1.29 is 0 Å². The summed E-state index contributed by atoms with van der Waals surface area (Å²) in [4.78, 5) is 4.19. The Morgan fingerprint density at radius 3 is 2.75 bits per heavy atom. The molecular formula is C10H14N2. The Labute approximate surface area is 73.3 Å². The van der Waals surface area contributed by atoms with Crippen LogP contribution in [0.15, 0.2) is 18.8 Å². The SMILES string of the molecule is C=C(C)c1cc(C)ncc1NC. The summed E-state index contributed by atoms with van der Waals surface area (Å²) in [6, 6.07) is 2.04. The lowest BCUT2D eigenvalue weighted by molar-refractivity contribution is 1.19. The van der Waals surface area contributed by atoms with Crippen LogP contribution in [0.1, 0.15) is 18.2 Å². The van der Waals surface area contributed by atoms with Gasteiger partial charge >= 0.3 is 0 Å². The number of rotatable bonds is 2. The Kier molecular flexibility index (Phi) is 2.48. The maximum atomic E-state index is 4.19. The Morgan fingerprint density at radius 2 is 2.25 bits per heavy atom. The molecule has 0 aliphatic rings. The number of hydrogen-bond acceptors (Lipinski definition) is 2. The fraction of sp³-hybridized carbons (Fsp3) is 0.300. The summed E-state index contributed by atoms with van der Waals surface area (Å²) >= 11 is 0. The minimum atomic E-state index is 1.02. The molecule has 64 valence electrons. The second kappa shape index (κ2) is 3.39. The van der Waals surface area contributed by atoms with Crippen molar-refractivity contribution in [2.45, 2.75) is 13.8 Å². The van der Waals surface area contributed by atoms with Crippen LogP contribution in [0, 0.1) is 6.92 Å². The van der Waals surface area contributed by atoms with E-state index in [1.165, 1.54) is 0 Å². The molecule has 0 unspecified atom stereocenters. The standard InChI is InChI=1S/C10H14N2/c1-7(2)9-5-8(3)12-6-10(9)11-4/h5-6,11H,1H2,2-4H3. The van der Waals surface area contributed by atoms with Gasteiger partial charge in [0, 0.05) is 18.3 Å². The summed E-state index contributed by atoms with van der Waals surface area (Å²) in [6.07, 6.45) is 1.83. The smallest absolute Gasteiger partial charge is 0.0600 e. The molecule has 12 heavy (non-hydrogen) atoms. The van der Waals surface area contributed by atoms with Crippen molar-refractivity contribution >= 4 is 11.3 Å². The first-order chi connectivity index (χ1) is 5.65. The molecule has 0 aliphatic heterocycles. The normalized spacial score (nSPS) is 9.58. The quantitative estimate of drug-likeness (QED) is 0.722. The van der Waals surface area contributed by atoms with E-state index in [0.717, 1.165) is 22.5 Å². The van der Waals surface area contributed by atoms with Gasteiger partial charge in [-0.3, -0.25) is 4.98 Å². The van der Waals surface area contributed by atoms with Crippen LogP contribution in [-0.2, 0) is 0 Å². The molecule has 1 N–H and O–H groups in total. The lowest BCUT2D eigenvalue weighted by Crippen LogP contribution is -1.95. The van der Waals surface area contributed by atoms with Crippen molar-refractivity contribution in [2.24, 2.45) is 0 Å². The van der Waals surface area contributed by atoms with Crippen LogP contribution in [0.4, 0.5) is 5.69 Å². The van der Waals surface area contributed by atoms with Crippen molar-refractivity contribution in [1.82, 2.24) is 4.98 Å². The fourth-order valence-corrected chi connectivity index (χ4v) is 1.11. The van der Waals surface area contributed by atoms with E-state index in [-0.39, 0.29) is 0 Å². The van der Waals surface area contributed by atoms with Crippen molar-refractivity contribution in [1.29, 1.82) is 0 Å². The maximum Gasteiger partial charge on any atom is 0.0600 e. The number of aryl methyl sites for hydroxylation is 1. The van der Waals surface area contributed by atoms with Gasteiger partial charge in [0.15, 0.2) is 0 Å². The molecule has 1 rings (SSSR count). The molecule has 0 fully saturated rings. The molecule has 0 radical (unpaired) electrons. The van der Waals surface area contributed by atoms with Crippen LogP contribution in [0.25, 0.3) is 5.57 Å². The van der Waals surface area contributed by atoms with E-state index in [9.17, 15) is 0 Å². The largest absolute Gasteiger partial charge is 0.386 e. The van der Waals surface area contributed by atoms with Gasteiger partial charge < -0.3 is 5.32 Å². The highest BCUT2D eigenvalue weighted by Gasteiger charge is 2.01. The van der Waals surface area contributed by atoms with Crippen molar-refractivity contribution in [3.8, 4) is 0 Å². The molecule has 0 aromatic carbocycles. The van der Waals surface area contributed by atoms with Crippen LogP contribution >= 0.6 is 0 Å². The molecule has 0 spiro atoms. The zero-order valence-corrected chi connectivity index (χ0v) is 7.81. The number of aromatic nitrogens is 1. The summed E-state index contributed by atoms with van der Waals surface area (Å²) in [6.45, 7) is 7.88. The van der Waals surface area contributed by atoms with Crippen LogP contribution < -0.4 is 5.32 Å². The average Bonchev–Trinajstić information content (AvgIpc) is 2.04. The van der Waals surface area contributed by atoms with Crippen LogP contribution in [0.2, 0.25) is 0 Å². The lowest BCUT2D eigenvalue weighted by Gasteiger charge is -2.08. The van der Waals surface area contributed by atoms with E-state index in [1.54, 1.807) is 0 Å². The zero-order chi connectivity index (χ0) is 9.14. The van der Waals surface area contributed by atoms with E-state index in [4.69, 9.17) is 0 Å². The Morgan fingerprint density at radius 1 is 1.58 bits per heavy atom. The van der Waals surface area contributed by atoms with E-state index < -0.39 is 0 Å². The zero-order valence-electron chi connectivity index (χ0n) is 7.81. The Hall–Kier alpha value is -1.31. The maximum absolute atomic E-state index is 4.19. The minimum absolute atomic E-state index is 1.02. The van der Waals surface area contributed by atoms with Gasteiger partial charge in [-0.15, -0.1) is 0 Å². The third-order valence-corrected chi connectivity index (χ3v) is 1.77. The van der Waals surface area contributed by atoms with Crippen molar-refractivity contribution in [2.75, 3.05) is 12.4 Å². The lowest BCUT2D eigenvalue weighted by atomic mass is 10.1. The molecule has 0 amide bonds. The second-order valence-corrected chi connectivity index (χ2v) is 2.90. The number of anilines is 1. The molecule has 2 heteroatoms. The first kappa shape index (κ1) is 8.78. The number of hydrogen-bond donors (Lipinski definition) is 1. The predicted octanol–water partition coefficient (Wildman–Crippen LogP) is 2.46. The van der Waals surface area contributed by atoms with Gasteiger partial charge in [-0.25, -0.2) is 0 Å². The van der Waals surface area contributed by atoms with E-state index in [2.05, 4.69) is 16.9 Å². The Bertz CT molecular complexity index is 303. The summed E-state index contributed by atoms with van der Waals surface area (Å²) in [7, 11) is 1.89. The minimum Gasteiger partial charge on any atom is -0.386 e. The van der Waals surface area contributed by atoms with E-state index in [0.29, 0.717) is 0 Å². The van der Waals surface area contributed by atoms with E-state index in [1.807, 2.05) is 33.2 Å². The van der Waals surface area contributed by atoms with Crippen LogP contribution in [0.5, 0.6) is 0 Å². The van der Waals surface area contributed by atoms with E-state index >= 15 is 0 Å². The van der Waals surface area contributed by atoms with Crippen molar-refractivity contribution in [3.63, 3.8) is 0 Å². The highest BCUT2D eigenvalue weighted by molar-refractivity contribution is 5.73. The summed E-state index contributed by atoms with van der Waals surface area (Å²) < 4.78 is 0. The van der Waals surface area contributed by atoms with Gasteiger partial charge in [0.25, 0.3) is 0 Å². The third kappa shape index (κ3) is 1.64. The van der Waals surface area contributed by atoms with Gasteiger partial charge in [-0.2, -0.15) is 0 Å². The van der Waals surface area contributed by atoms with Crippen molar-refractivity contribution in [3.05, 3.63) is 30.1 Å². The topological polar surface area (TPSA) is 24.9 Å². The van der Waals surface area contributed by atoms with Gasteiger partial charge in [0.2, 0.25) is 0 Å². The average molecular weight is 162 g/mol. The number of allylic oxidation sites excluding steroid dienone is 1. The molecule has 0 atom stereocenters. The number of nitrogens with zero attached hydrogens (tertiary/aromatic N) is 1. The van der Waals surface area contributed by atoms with Gasteiger partial charge in [-0.1, -0.05) is 6.58 Å². The molecule has 0 saturated heterocycles. The molecule has 1 aromatic heterocycles. The summed E-state index contributed by atoms with van der Waals surface area (Å²) in [5.74, 6) is 0. The summed E-state index contributed by atoms with van der Waals surface area (Å²) in [5.41, 5.74) is 4.26. The van der Waals surface area contributed by atoms with Gasteiger partial charge in [0.05, 0.1) is 11.9 Å². The number of pyridine rings is 1. The monoisotopic (exact) mass is 162 g/mol. The predicted molar refractivity (Wildman–Crippen MR) is 53.2 cm³/mol. The first-order valence-corrected chi connectivity index (χ1v) is 3.95. The second-order valence-electron chi connectivity index (χ2n) is 2.90. The molecule has 1 heterocycles. The highest BCUT2D eigenvalue weighted by atomic mass is 14.9. The van der Waals surface area contributed by atoms with Crippen LogP contribution in [0.3, 0.4) is 0 Å². The first-order valence-electron chi connectivity index (χ1n) is 3.95. The molecular weight excluding hydrogens is 148 g/mol. The summed E-state index contributed by atoms with van der Waals surface area (Å²) in [5, 5.41) is 3.08. The molecule has 0 saturated carbocycles. The highest BCUT2D eigenvalue weighted by Crippen LogP contribution is 2.21. The molecule has 2 nitrogen and oxygen atoms in total. The molecule has 1 aromatic rings. The Balaban J connectivity index is 3.21. The number of nitrogens with one attached hydrogen (secondary N) is 1. The fourth-order valence-electron chi connectivity index (χ4n) is 1.11. The molecule has 0 bridgehead atoms. The van der Waals surface area contributed by atoms with Gasteiger partial charge in [-0.05, 0) is 25.5 Å². The van der Waals surface area contributed by atoms with Crippen LogP contribution in [-0.4, -0.2) is 12.0 Å². The third-order valence-electron chi connectivity index (χ3n) is 1.77. The van der Waals surface area contributed by atoms with Gasteiger partial charge in [0.1, 0.15) is 0 Å².